The van der Waals surface area contributed by atoms with Gasteiger partial charge in [-0.3, -0.25) is 9.69 Å². The van der Waals surface area contributed by atoms with Gasteiger partial charge in [0.1, 0.15) is 10.5 Å². The van der Waals surface area contributed by atoms with E-state index in [1.54, 1.807) is 21.1 Å². The fraction of sp³-hybridized carbons (Fsp3) is 0.261. The fourth-order valence-corrected chi connectivity index (χ4v) is 4.71. The monoisotopic (exact) mass is 437 g/mol. The van der Waals surface area contributed by atoms with Crippen LogP contribution in [0.1, 0.15) is 23.7 Å². The highest BCUT2D eigenvalue weighted by Crippen LogP contribution is 2.39. The number of amides is 3. The SMILES string of the molecule is COc1cccc(-c2nc(CN3C(=O)NC(C)(c4ccccc4C)C3=O)cs2)c1OC. The van der Waals surface area contributed by atoms with Gasteiger partial charge in [-0.05, 0) is 37.1 Å². The van der Waals surface area contributed by atoms with Gasteiger partial charge in [0, 0.05) is 5.38 Å². The molecule has 1 aliphatic heterocycles. The Morgan fingerprint density at radius 3 is 2.58 bits per heavy atom. The predicted octanol–water partition coefficient (Wildman–Crippen LogP) is 4.10. The van der Waals surface area contributed by atoms with E-state index in [1.165, 1.54) is 16.2 Å². The molecule has 3 aromatic rings. The topological polar surface area (TPSA) is 80.8 Å². The minimum Gasteiger partial charge on any atom is -0.493 e. The summed E-state index contributed by atoms with van der Waals surface area (Å²) in [5.41, 5.74) is 2.05. The van der Waals surface area contributed by atoms with Gasteiger partial charge in [0.25, 0.3) is 5.91 Å². The molecule has 3 amide bonds. The van der Waals surface area contributed by atoms with E-state index in [-0.39, 0.29) is 12.5 Å². The summed E-state index contributed by atoms with van der Waals surface area (Å²) < 4.78 is 10.9. The molecule has 1 atom stereocenters. The van der Waals surface area contributed by atoms with Crippen molar-refractivity contribution in [2.75, 3.05) is 14.2 Å². The molecule has 0 aliphatic carbocycles. The van der Waals surface area contributed by atoms with Crippen molar-refractivity contribution in [1.29, 1.82) is 0 Å². The molecule has 2 aromatic carbocycles. The average Bonchev–Trinajstić information content (AvgIpc) is 3.32. The number of hydrogen-bond donors (Lipinski definition) is 1. The van der Waals surface area contributed by atoms with E-state index in [4.69, 9.17) is 9.47 Å². The second kappa shape index (κ2) is 8.03. The smallest absolute Gasteiger partial charge is 0.325 e. The number of aryl methyl sites for hydroxylation is 1. The van der Waals surface area contributed by atoms with Crippen LogP contribution in [-0.2, 0) is 16.9 Å². The number of nitrogens with one attached hydrogen (secondary N) is 1. The molecule has 1 aliphatic rings. The van der Waals surface area contributed by atoms with Crippen LogP contribution in [0.3, 0.4) is 0 Å². The van der Waals surface area contributed by atoms with Crippen molar-refractivity contribution in [2.45, 2.75) is 25.9 Å². The molecule has 7 nitrogen and oxygen atoms in total. The molecule has 1 saturated heterocycles. The number of hydrogen-bond acceptors (Lipinski definition) is 6. The number of nitrogens with zero attached hydrogens (tertiary/aromatic N) is 2. The lowest BCUT2D eigenvalue weighted by atomic mass is 9.88. The van der Waals surface area contributed by atoms with Crippen LogP contribution < -0.4 is 14.8 Å². The quantitative estimate of drug-likeness (QED) is 0.587. The van der Waals surface area contributed by atoms with Crippen LogP contribution in [0.5, 0.6) is 11.5 Å². The molecular weight excluding hydrogens is 414 g/mol. The third kappa shape index (κ3) is 3.53. The maximum atomic E-state index is 13.2. The second-order valence-electron chi connectivity index (χ2n) is 7.45. The maximum Gasteiger partial charge on any atom is 0.325 e. The largest absolute Gasteiger partial charge is 0.493 e. The van der Waals surface area contributed by atoms with Crippen LogP contribution in [0.2, 0.25) is 0 Å². The Morgan fingerprint density at radius 1 is 1.10 bits per heavy atom. The predicted molar refractivity (Wildman–Crippen MR) is 118 cm³/mol. The molecule has 0 saturated carbocycles. The number of para-hydroxylation sites is 1. The van der Waals surface area contributed by atoms with Gasteiger partial charge in [-0.25, -0.2) is 9.78 Å². The lowest BCUT2D eigenvalue weighted by molar-refractivity contribution is -0.131. The van der Waals surface area contributed by atoms with E-state index in [0.29, 0.717) is 17.2 Å². The van der Waals surface area contributed by atoms with Crippen molar-refractivity contribution in [3.05, 3.63) is 64.7 Å². The van der Waals surface area contributed by atoms with Crippen molar-refractivity contribution < 1.29 is 19.1 Å². The Balaban J connectivity index is 1.61. The maximum absolute atomic E-state index is 13.2. The van der Waals surface area contributed by atoms with Crippen LogP contribution in [-0.4, -0.2) is 36.0 Å². The first-order chi connectivity index (χ1) is 14.9. The summed E-state index contributed by atoms with van der Waals surface area (Å²) in [4.78, 5) is 31.8. The van der Waals surface area contributed by atoms with Gasteiger partial charge in [-0.2, -0.15) is 0 Å². The Morgan fingerprint density at radius 2 is 1.87 bits per heavy atom. The Hall–Kier alpha value is -3.39. The zero-order chi connectivity index (χ0) is 22.2. The molecule has 0 bridgehead atoms. The molecule has 0 radical (unpaired) electrons. The van der Waals surface area contributed by atoms with E-state index in [1.807, 2.05) is 54.8 Å². The van der Waals surface area contributed by atoms with Gasteiger partial charge in [0.15, 0.2) is 11.5 Å². The van der Waals surface area contributed by atoms with Gasteiger partial charge in [-0.15, -0.1) is 11.3 Å². The highest BCUT2D eigenvalue weighted by atomic mass is 32.1. The molecule has 1 aromatic heterocycles. The number of benzene rings is 2. The number of methoxy groups -OCH3 is 2. The van der Waals surface area contributed by atoms with Gasteiger partial charge in [0.2, 0.25) is 0 Å². The number of carbonyl (C=O) groups is 2. The first kappa shape index (κ1) is 20.9. The molecule has 1 N–H and O–H groups in total. The minimum atomic E-state index is -1.10. The zero-order valence-corrected chi connectivity index (χ0v) is 18.6. The number of carbonyl (C=O) groups excluding carboxylic acids is 2. The highest BCUT2D eigenvalue weighted by Gasteiger charge is 2.49. The summed E-state index contributed by atoms with van der Waals surface area (Å²) in [6.07, 6.45) is 0. The summed E-state index contributed by atoms with van der Waals surface area (Å²) in [7, 11) is 3.16. The Bertz CT molecular complexity index is 1160. The van der Waals surface area contributed by atoms with E-state index >= 15 is 0 Å². The third-order valence-electron chi connectivity index (χ3n) is 5.46. The van der Waals surface area contributed by atoms with Crippen LogP contribution in [0.4, 0.5) is 4.79 Å². The van der Waals surface area contributed by atoms with Crippen LogP contribution in [0, 0.1) is 6.92 Å². The van der Waals surface area contributed by atoms with Gasteiger partial charge < -0.3 is 14.8 Å². The fourth-order valence-electron chi connectivity index (χ4n) is 3.88. The Kier molecular flexibility index (Phi) is 5.41. The van der Waals surface area contributed by atoms with Crippen LogP contribution in [0.15, 0.2) is 47.8 Å². The third-order valence-corrected chi connectivity index (χ3v) is 6.39. The lowest BCUT2D eigenvalue weighted by Crippen LogP contribution is -2.41. The van der Waals surface area contributed by atoms with E-state index < -0.39 is 11.6 Å². The van der Waals surface area contributed by atoms with E-state index in [9.17, 15) is 9.59 Å². The van der Waals surface area contributed by atoms with Crippen molar-refractivity contribution in [3.8, 4) is 22.1 Å². The summed E-state index contributed by atoms with van der Waals surface area (Å²) in [6.45, 7) is 3.76. The molecule has 160 valence electrons. The standard InChI is InChI=1S/C23H23N3O4S/c1-14-8-5-6-10-17(14)23(2)21(27)26(22(28)25-23)12-15-13-31-20(24-15)16-9-7-11-18(29-3)19(16)30-4/h5-11,13H,12H2,1-4H3,(H,25,28). The molecule has 0 spiro atoms. The first-order valence-corrected chi connectivity index (χ1v) is 10.6. The van der Waals surface area contributed by atoms with E-state index in [0.717, 1.165) is 21.7 Å². The highest BCUT2D eigenvalue weighted by molar-refractivity contribution is 7.13. The number of thiazole rings is 1. The van der Waals surface area contributed by atoms with Crippen molar-refractivity contribution >= 4 is 23.3 Å². The lowest BCUT2D eigenvalue weighted by Gasteiger charge is -2.24. The molecule has 31 heavy (non-hydrogen) atoms. The molecule has 1 unspecified atom stereocenters. The molecular formula is C23H23N3O4S. The molecule has 4 rings (SSSR count). The van der Waals surface area contributed by atoms with Crippen molar-refractivity contribution in [3.63, 3.8) is 0 Å². The number of aromatic nitrogens is 1. The van der Waals surface area contributed by atoms with Crippen LogP contribution in [0.25, 0.3) is 10.6 Å². The zero-order valence-electron chi connectivity index (χ0n) is 17.8. The number of rotatable bonds is 6. The van der Waals surface area contributed by atoms with Gasteiger partial charge >= 0.3 is 6.03 Å². The van der Waals surface area contributed by atoms with Crippen molar-refractivity contribution in [1.82, 2.24) is 15.2 Å². The minimum absolute atomic E-state index is 0.0922. The summed E-state index contributed by atoms with van der Waals surface area (Å²) in [5.74, 6) is 0.910. The summed E-state index contributed by atoms with van der Waals surface area (Å²) in [5, 5.41) is 5.42. The molecule has 1 fully saturated rings. The summed E-state index contributed by atoms with van der Waals surface area (Å²) >= 11 is 1.42. The first-order valence-electron chi connectivity index (χ1n) is 9.75. The van der Waals surface area contributed by atoms with Crippen LogP contribution >= 0.6 is 11.3 Å². The summed E-state index contributed by atoms with van der Waals surface area (Å²) in [6, 6.07) is 12.7. The normalized spacial score (nSPS) is 18.3. The second-order valence-corrected chi connectivity index (χ2v) is 8.30. The average molecular weight is 438 g/mol. The number of ether oxygens (including phenoxy) is 2. The number of urea groups is 1. The Labute approximate surface area is 184 Å². The van der Waals surface area contributed by atoms with Gasteiger partial charge in [0.05, 0.1) is 32.0 Å². The van der Waals surface area contributed by atoms with E-state index in [2.05, 4.69) is 10.3 Å². The molecule has 2 heterocycles. The van der Waals surface area contributed by atoms with Crippen molar-refractivity contribution in [2.24, 2.45) is 0 Å². The molecule has 8 heteroatoms. The number of imide groups is 1. The van der Waals surface area contributed by atoms with Gasteiger partial charge in [-0.1, -0.05) is 30.3 Å².